The molecule has 104 valence electrons. The Hall–Kier alpha value is -2.07. The number of ether oxygens (including phenoxy) is 1. The Morgan fingerprint density at radius 1 is 1.30 bits per heavy atom. The smallest absolute Gasteiger partial charge is 0.266 e. The first-order chi connectivity index (χ1) is 9.56. The maximum Gasteiger partial charge on any atom is 0.266 e. The SMILES string of the molecule is Cc1ccccc1OC(C)C(=O)Nc1ccc(Cl)cn1. The van der Waals surface area contributed by atoms with E-state index < -0.39 is 6.10 Å². The molecule has 0 aliphatic rings. The van der Waals surface area contributed by atoms with E-state index >= 15 is 0 Å². The molecule has 0 bridgehead atoms. The number of hydrogen-bond acceptors (Lipinski definition) is 3. The molecule has 0 aliphatic carbocycles. The summed E-state index contributed by atoms with van der Waals surface area (Å²) < 4.78 is 5.64. The number of hydrogen-bond donors (Lipinski definition) is 1. The summed E-state index contributed by atoms with van der Waals surface area (Å²) in [6.45, 7) is 3.62. The third-order valence-electron chi connectivity index (χ3n) is 2.75. The number of amides is 1. The topological polar surface area (TPSA) is 51.2 Å². The van der Waals surface area contributed by atoms with Crippen molar-refractivity contribution in [2.45, 2.75) is 20.0 Å². The molecule has 1 heterocycles. The van der Waals surface area contributed by atoms with Gasteiger partial charge in [-0.2, -0.15) is 0 Å². The third kappa shape index (κ3) is 3.71. The second-order valence-corrected chi connectivity index (χ2v) is 4.81. The highest BCUT2D eigenvalue weighted by Crippen LogP contribution is 2.18. The Bertz CT molecular complexity index is 599. The van der Waals surface area contributed by atoms with E-state index in [9.17, 15) is 4.79 Å². The van der Waals surface area contributed by atoms with Crippen LogP contribution in [0.2, 0.25) is 5.02 Å². The number of carbonyl (C=O) groups is 1. The van der Waals surface area contributed by atoms with Crippen molar-refractivity contribution in [2.24, 2.45) is 0 Å². The molecule has 0 saturated heterocycles. The van der Waals surface area contributed by atoms with Crippen LogP contribution in [-0.4, -0.2) is 17.0 Å². The van der Waals surface area contributed by atoms with E-state index in [1.807, 2.05) is 31.2 Å². The fraction of sp³-hybridized carbons (Fsp3) is 0.200. The van der Waals surface area contributed by atoms with Crippen molar-refractivity contribution in [1.82, 2.24) is 4.98 Å². The highest BCUT2D eigenvalue weighted by Gasteiger charge is 2.16. The summed E-state index contributed by atoms with van der Waals surface area (Å²) in [7, 11) is 0. The van der Waals surface area contributed by atoms with E-state index in [0.29, 0.717) is 16.6 Å². The molecule has 1 unspecified atom stereocenters. The minimum absolute atomic E-state index is 0.261. The number of halogens is 1. The molecule has 4 nitrogen and oxygen atoms in total. The van der Waals surface area contributed by atoms with Crippen LogP contribution in [0.5, 0.6) is 5.75 Å². The maximum absolute atomic E-state index is 12.0. The monoisotopic (exact) mass is 290 g/mol. The normalized spacial score (nSPS) is 11.8. The lowest BCUT2D eigenvalue weighted by Crippen LogP contribution is -2.30. The summed E-state index contributed by atoms with van der Waals surface area (Å²) in [5.74, 6) is 0.877. The van der Waals surface area contributed by atoms with Crippen LogP contribution in [0.25, 0.3) is 0 Å². The Morgan fingerprint density at radius 2 is 2.05 bits per heavy atom. The molecule has 0 spiro atoms. The van der Waals surface area contributed by atoms with Crippen molar-refractivity contribution in [3.63, 3.8) is 0 Å². The van der Waals surface area contributed by atoms with E-state index in [2.05, 4.69) is 10.3 Å². The van der Waals surface area contributed by atoms with Crippen molar-refractivity contribution < 1.29 is 9.53 Å². The van der Waals surface area contributed by atoms with Gasteiger partial charge in [-0.25, -0.2) is 4.98 Å². The largest absolute Gasteiger partial charge is 0.481 e. The lowest BCUT2D eigenvalue weighted by atomic mass is 10.2. The summed E-state index contributed by atoms with van der Waals surface area (Å²) in [5.41, 5.74) is 0.983. The number of nitrogens with one attached hydrogen (secondary N) is 1. The summed E-state index contributed by atoms with van der Waals surface area (Å²) in [4.78, 5) is 16.0. The number of pyridine rings is 1. The van der Waals surface area contributed by atoms with Gasteiger partial charge in [0.2, 0.25) is 0 Å². The van der Waals surface area contributed by atoms with E-state index in [1.54, 1.807) is 19.1 Å². The van der Waals surface area contributed by atoms with Gasteiger partial charge in [0.15, 0.2) is 6.10 Å². The van der Waals surface area contributed by atoms with Crippen LogP contribution in [-0.2, 0) is 4.79 Å². The standard InChI is InChI=1S/C15H15ClN2O2/c1-10-5-3-4-6-13(10)20-11(2)15(19)18-14-8-7-12(16)9-17-14/h3-9,11H,1-2H3,(H,17,18,19). The number of benzene rings is 1. The van der Waals surface area contributed by atoms with Crippen LogP contribution in [0.3, 0.4) is 0 Å². The minimum Gasteiger partial charge on any atom is -0.481 e. The second-order valence-electron chi connectivity index (χ2n) is 4.38. The fourth-order valence-electron chi connectivity index (χ4n) is 1.61. The minimum atomic E-state index is -0.617. The predicted octanol–water partition coefficient (Wildman–Crippen LogP) is 3.45. The molecule has 1 amide bonds. The molecule has 1 N–H and O–H groups in total. The quantitative estimate of drug-likeness (QED) is 0.938. The molecule has 2 rings (SSSR count). The highest BCUT2D eigenvalue weighted by molar-refractivity contribution is 6.30. The number of aromatic nitrogens is 1. The van der Waals surface area contributed by atoms with Crippen LogP contribution < -0.4 is 10.1 Å². The number of carbonyl (C=O) groups excluding carboxylic acids is 1. The van der Waals surface area contributed by atoms with Gasteiger partial charge < -0.3 is 10.1 Å². The molecule has 2 aromatic rings. The first-order valence-corrected chi connectivity index (χ1v) is 6.59. The van der Waals surface area contributed by atoms with Crippen LogP contribution in [0.15, 0.2) is 42.6 Å². The average molecular weight is 291 g/mol. The van der Waals surface area contributed by atoms with Crippen molar-refractivity contribution in [2.75, 3.05) is 5.32 Å². The third-order valence-corrected chi connectivity index (χ3v) is 2.97. The molecule has 1 atom stereocenters. The summed E-state index contributed by atoms with van der Waals surface area (Å²) >= 11 is 5.74. The number of nitrogens with zero attached hydrogens (tertiary/aromatic N) is 1. The highest BCUT2D eigenvalue weighted by atomic mass is 35.5. The Balaban J connectivity index is 1.99. The molecule has 0 fully saturated rings. The second kappa shape index (κ2) is 6.39. The molecule has 0 aliphatic heterocycles. The zero-order chi connectivity index (χ0) is 14.5. The van der Waals surface area contributed by atoms with Crippen LogP contribution >= 0.6 is 11.6 Å². The molecular formula is C15H15ClN2O2. The van der Waals surface area contributed by atoms with Gasteiger partial charge in [-0.3, -0.25) is 4.79 Å². The van der Waals surface area contributed by atoms with Crippen LogP contribution in [0.4, 0.5) is 5.82 Å². The van der Waals surface area contributed by atoms with Crippen molar-refractivity contribution in [1.29, 1.82) is 0 Å². The van der Waals surface area contributed by atoms with Crippen LogP contribution in [0, 0.1) is 6.92 Å². The van der Waals surface area contributed by atoms with Gasteiger partial charge in [0.05, 0.1) is 5.02 Å². The van der Waals surface area contributed by atoms with E-state index in [0.717, 1.165) is 5.56 Å². The fourth-order valence-corrected chi connectivity index (χ4v) is 1.72. The lowest BCUT2D eigenvalue weighted by Gasteiger charge is -2.15. The van der Waals surface area contributed by atoms with E-state index in [4.69, 9.17) is 16.3 Å². The molecule has 20 heavy (non-hydrogen) atoms. The number of anilines is 1. The predicted molar refractivity (Wildman–Crippen MR) is 79.1 cm³/mol. The van der Waals surface area contributed by atoms with Crippen molar-refractivity contribution in [3.05, 3.63) is 53.2 Å². The van der Waals surface area contributed by atoms with Gasteiger partial charge in [0, 0.05) is 6.20 Å². The van der Waals surface area contributed by atoms with Gasteiger partial charge in [-0.05, 0) is 37.6 Å². The van der Waals surface area contributed by atoms with Gasteiger partial charge in [-0.1, -0.05) is 29.8 Å². The van der Waals surface area contributed by atoms with Crippen molar-refractivity contribution >= 4 is 23.3 Å². The molecule has 5 heteroatoms. The summed E-state index contributed by atoms with van der Waals surface area (Å²) in [6, 6.07) is 10.9. The Labute approximate surface area is 122 Å². The first kappa shape index (κ1) is 14.3. The number of para-hydroxylation sites is 1. The number of rotatable bonds is 4. The number of aryl methyl sites for hydroxylation is 1. The summed E-state index contributed by atoms with van der Waals surface area (Å²) in [5, 5.41) is 3.20. The molecule has 1 aromatic heterocycles. The van der Waals surface area contributed by atoms with Gasteiger partial charge in [0.1, 0.15) is 11.6 Å². The molecule has 0 saturated carbocycles. The van der Waals surface area contributed by atoms with Gasteiger partial charge in [0.25, 0.3) is 5.91 Å². The Kier molecular flexibility index (Phi) is 4.58. The molecule has 1 aromatic carbocycles. The van der Waals surface area contributed by atoms with E-state index in [1.165, 1.54) is 6.20 Å². The van der Waals surface area contributed by atoms with E-state index in [-0.39, 0.29) is 5.91 Å². The summed E-state index contributed by atoms with van der Waals surface area (Å²) in [6.07, 6.45) is 0.859. The average Bonchev–Trinajstić information content (AvgIpc) is 2.44. The lowest BCUT2D eigenvalue weighted by molar-refractivity contribution is -0.122. The Morgan fingerprint density at radius 3 is 2.70 bits per heavy atom. The zero-order valence-electron chi connectivity index (χ0n) is 11.3. The zero-order valence-corrected chi connectivity index (χ0v) is 12.0. The van der Waals surface area contributed by atoms with Crippen LogP contribution in [0.1, 0.15) is 12.5 Å². The van der Waals surface area contributed by atoms with Crippen molar-refractivity contribution in [3.8, 4) is 5.75 Å². The maximum atomic E-state index is 12.0. The molecular weight excluding hydrogens is 276 g/mol. The van der Waals surface area contributed by atoms with Gasteiger partial charge >= 0.3 is 0 Å². The molecule has 0 radical (unpaired) electrons. The first-order valence-electron chi connectivity index (χ1n) is 6.21. The van der Waals surface area contributed by atoms with Gasteiger partial charge in [-0.15, -0.1) is 0 Å².